The first-order valence-corrected chi connectivity index (χ1v) is 22.9. The molecule has 0 atom stereocenters. The summed E-state index contributed by atoms with van der Waals surface area (Å²) in [5.41, 5.74) is 17.5. The van der Waals surface area contributed by atoms with Crippen molar-refractivity contribution in [2.45, 2.75) is 119 Å². The number of nitrogens with zero attached hydrogens (tertiary/aromatic N) is 4. The van der Waals surface area contributed by atoms with Crippen molar-refractivity contribution in [2.24, 2.45) is 0 Å². The quantitative estimate of drug-likeness (QED) is 0.108. The molecule has 64 heavy (non-hydrogen) atoms. The van der Waals surface area contributed by atoms with Gasteiger partial charge in [0, 0.05) is 55.3 Å². The molecule has 7 aromatic rings. The van der Waals surface area contributed by atoms with E-state index in [0.29, 0.717) is 47.0 Å². The van der Waals surface area contributed by atoms with E-state index < -0.39 is 0 Å². The molecule has 0 aliphatic carbocycles. The summed E-state index contributed by atoms with van der Waals surface area (Å²) in [7, 11) is 0. The summed E-state index contributed by atoms with van der Waals surface area (Å²) in [5, 5.41) is 0. The van der Waals surface area contributed by atoms with Crippen LogP contribution in [0.3, 0.4) is 0 Å². The van der Waals surface area contributed by atoms with E-state index in [4.69, 9.17) is 9.72 Å². The van der Waals surface area contributed by atoms with Crippen LogP contribution >= 0.6 is 0 Å². The van der Waals surface area contributed by atoms with Crippen molar-refractivity contribution < 1.29 is 25.8 Å². The minimum absolute atomic E-state index is 0. The van der Waals surface area contributed by atoms with Crippen LogP contribution in [0, 0.1) is 18.8 Å². The van der Waals surface area contributed by atoms with Crippen LogP contribution in [0.2, 0.25) is 0 Å². The van der Waals surface area contributed by atoms with Crippen LogP contribution in [0.5, 0.6) is 11.5 Å². The molecule has 5 nitrogen and oxygen atoms in total. The maximum atomic E-state index is 6.90. The Bertz CT molecular complexity index is 2660. The smallest absolute Gasteiger partial charge is 0.0883 e. The molecule has 8 rings (SSSR count). The van der Waals surface area contributed by atoms with E-state index in [-0.39, 0.29) is 21.1 Å². The van der Waals surface area contributed by atoms with Crippen LogP contribution < -0.4 is 14.5 Å². The maximum absolute atomic E-state index is 6.90. The minimum Gasteiger partial charge on any atom is -0.503 e. The predicted molar refractivity (Wildman–Crippen MR) is 265 cm³/mol. The fourth-order valence-corrected chi connectivity index (χ4v) is 9.18. The van der Waals surface area contributed by atoms with Gasteiger partial charge in [-0.05, 0) is 92.8 Å². The van der Waals surface area contributed by atoms with Crippen LogP contribution in [-0.2, 0) is 21.1 Å². The number of aromatic nitrogens is 2. The Balaban J connectivity index is 0.00000612. The van der Waals surface area contributed by atoms with Gasteiger partial charge in [-0.25, -0.2) is 0 Å². The summed E-state index contributed by atoms with van der Waals surface area (Å²) >= 11 is 0. The number of ether oxygens (including phenoxy) is 1. The second-order valence-corrected chi connectivity index (χ2v) is 19.0. The molecule has 0 bridgehead atoms. The van der Waals surface area contributed by atoms with E-state index in [1.807, 2.05) is 18.5 Å². The number of para-hydroxylation sites is 4. The molecule has 2 heterocycles. The number of fused-ring (bicyclic) bond motifs is 1. The third-order valence-electron chi connectivity index (χ3n) is 12.4. The Hall–Kier alpha value is -5.38. The molecule has 334 valence electrons. The average molecular weight is 1030 g/mol. The summed E-state index contributed by atoms with van der Waals surface area (Å²) in [6, 6.07) is 46.7. The second kappa shape index (κ2) is 19.4. The van der Waals surface area contributed by atoms with E-state index in [9.17, 15) is 0 Å². The van der Waals surface area contributed by atoms with Gasteiger partial charge in [0.2, 0.25) is 0 Å². The first kappa shape index (κ1) is 46.6. The SMILES string of the molecule is CC(C)c1cccc(C(C)C)c1-c1cc(Oc2[c-]c(-c3cn(-c4c(C(C)C)cccc4C(C)C)cn3)ccc2)[c-]c(N2[CH-]N(c3c(C(C)C)cccc3C(C)C)c3ccccc32)c1.[Pt]. The summed E-state index contributed by atoms with van der Waals surface area (Å²) < 4.78 is 9.08. The van der Waals surface area contributed by atoms with Crippen molar-refractivity contribution in [3.8, 4) is 39.6 Å². The van der Waals surface area contributed by atoms with Gasteiger partial charge < -0.3 is 19.1 Å². The zero-order valence-corrected chi connectivity index (χ0v) is 41.9. The van der Waals surface area contributed by atoms with Gasteiger partial charge in [0.1, 0.15) is 0 Å². The molecule has 1 aliphatic rings. The molecule has 0 unspecified atom stereocenters. The predicted octanol–water partition coefficient (Wildman–Crippen LogP) is 16.7. The number of hydrogen-bond acceptors (Lipinski definition) is 4. The van der Waals surface area contributed by atoms with E-state index in [2.05, 4.69) is 220 Å². The summed E-state index contributed by atoms with van der Waals surface area (Å²) in [4.78, 5) is 9.60. The van der Waals surface area contributed by atoms with E-state index >= 15 is 0 Å². The summed E-state index contributed by atoms with van der Waals surface area (Å²) in [6.07, 6.45) is 4.06. The second-order valence-electron chi connectivity index (χ2n) is 19.0. The van der Waals surface area contributed by atoms with Crippen molar-refractivity contribution in [1.29, 1.82) is 0 Å². The van der Waals surface area contributed by atoms with Gasteiger partial charge in [-0.15, -0.1) is 59.9 Å². The molecule has 0 radical (unpaired) electrons. The van der Waals surface area contributed by atoms with Gasteiger partial charge in [0.25, 0.3) is 0 Å². The largest absolute Gasteiger partial charge is 0.503 e. The summed E-state index contributed by atoms with van der Waals surface area (Å²) in [6.45, 7) is 29.5. The fraction of sp³-hybridized carbons (Fsp3) is 0.310. The summed E-state index contributed by atoms with van der Waals surface area (Å²) in [5.74, 6) is 3.31. The average Bonchev–Trinajstić information content (AvgIpc) is 3.91. The van der Waals surface area contributed by atoms with Crippen LogP contribution in [-0.4, -0.2) is 9.55 Å². The van der Waals surface area contributed by atoms with Crippen molar-refractivity contribution in [3.05, 3.63) is 174 Å². The molecule has 6 aromatic carbocycles. The topological polar surface area (TPSA) is 33.5 Å². The number of rotatable bonds is 13. The number of benzene rings is 6. The molecule has 0 fully saturated rings. The van der Waals surface area contributed by atoms with Crippen LogP contribution in [0.25, 0.3) is 28.1 Å². The first-order chi connectivity index (χ1) is 30.2. The Morgan fingerprint density at radius 1 is 0.500 bits per heavy atom. The van der Waals surface area contributed by atoms with Gasteiger partial charge in [0.15, 0.2) is 0 Å². The molecule has 0 saturated carbocycles. The molecule has 0 amide bonds. The Kier molecular flexibility index (Phi) is 14.1. The molecular formula is C58H63N4OPt-3. The van der Waals surface area contributed by atoms with Crippen molar-refractivity contribution >= 4 is 22.7 Å². The zero-order chi connectivity index (χ0) is 44.7. The number of anilines is 4. The normalized spacial score (nSPS) is 12.7. The van der Waals surface area contributed by atoms with E-state index in [1.54, 1.807) is 0 Å². The first-order valence-electron chi connectivity index (χ1n) is 22.9. The maximum Gasteiger partial charge on any atom is 0.0883 e. The Labute approximate surface area is 397 Å². The zero-order valence-electron chi connectivity index (χ0n) is 39.6. The van der Waals surface area contributed by atoms with E-state index in [1.165, 1.54) is 50.3 Å². The molecule has 0 spiro atoms. The molecule has 0 saturated heterocycles. The van der Waals surface area contributed by atoms with Gasteiger partial charge in [-0.2, -0.15) is 0 Å². The number of imidazole rings is 1. The number of hydrogen-bond donors (Lipinski definition) is 0. The van der Waals surface area contributed by atoms with Gasteiger partial charge in [0.05, 0.1) is 12.0 Å². The monoisotopic (exact) mass is 1030 g/mol. The van der Waals surface area contributed by atoms with E-state index in [0.717, 1.165) is 33.9 Å². The minimum atomic E-state index is 0. The van der Waals surface area contributed by atoms with Gasteiger partial charge in [-0.1, -0.05) is 156 Å². The molecule has 6 heteroatoms. The fourth-order valence-electron chi connectivity index (χ4n) is 9.18. The molecule has 1 aliphatic heterocycles. The molecular weight excluding hydrogens is 964 g/mol. The third-order valence-corrected chi connectivity index (χ3v) is 12.4. The van der Waals surface area contributed by atoms with Crippen molar-refractivity contribution in [1.82, 2.24) is 9.55 Å². The molecule has 0 N–H and O–H groups in total. The van der Waals surface area contributed by atoms with Crippen molar-refractivity contribution in [2.75, 3.05) is 9.80 Å². The molecule has 1 aromatic heterocycles. The van der Waals surface area contributed by atoms with Crippen molar-refractivity contribution in [3.63, 3.8) is 0 Å². The van der Waals surface area contributed by atoms with Crippen LogP contribution in [0.1, 0.15) is 152 Å². The van der Waals surface area contributed by atoms with Crippen LogP contribution in [0.15, 0.2) is 122 Å². The van der Waals surface area contributed by atoms with Crippen LogP contribution in [0.4, 0.5) is 22.7 Å². The Morgan fingerprint density at radius 3 is 1.52 bits per heavy atom. The van der Waals surface area contributed by atoms with Gasteiger partial charge >= 0.3 is 0 Å². The standard InChI is InChI=1S/C58H63N4O.Pt/c1-36(2)47-21-16-22-48(37(3)4)56(47)43-29-44(61-35-62(55-28-14-13-27-54(55)61)58-51(40(9)10)25-18-26-52(58)41(11)12)32-46(31-43)63-45-20-15-19-42(30-45)53-33-60(34-59-53)57-49(38(5)6)23-17-24-50(57)39(7)8;/h13-29,31,33-41H,1-12H3;/q-3;. The Morgan fingerprint density at radius 2 is 0.984 bits per heavy atom. The third kappa shape index (κ3) is 9.11. The van der Waals surface area contributed by atoms with Gasteiger partial charge in [-0.3, -0.25) is 4.98 Å².